The molecule has 1 fully saturated rings. The van der Waals surface area contributed by atoms with E-state index in [-0.39, 0.29) is 18.4 Å². The SMILES string of the molecule is CC(=O)N1c2ccc(-c3cnn(C4COC4)c3)cc2N(C(=O)O)C(CC(C)(C)F)[C@@H]1C. The lowest BCUT2D eigenvalue weighted by Gasteiger charge is -2.47. The Labute approximate surface area is 180 Å². The molecule has 31 heavy (non-hydrogen) atoms. The summed E-state index contributed by atoms with van der Waals surface area (Å²) in [5.41, 5.74) is 0.866. The predicted octanol–water partition coefficient (Wildman–Crippen LogP) is 3.87. The van der Waals surface area contributed by atoms with E-state index in [0.29, 0.717) is 24.6 Å². The van der Waals surface area contributed by atoms with Crippen LogP contribution in [0, 0.1) is 0 Å². The van der Waals surface area contributed by atoms with Crippen LogP contribution >= 0.6 is 0 Å². The average Bonchev–Trinajstić information content (AvgIpc) is 3.08. The zero-order valence-corrected chi connectivity index (χ0v) is 18.1. The second kappa shape index (κ2) is 7.64. The van der Waals surface area contributed by atoms with Crippen LogP contribution < -0.4 is 9.80 Å². The third-order valence-corrected chi connectivity index (χ3v) is 5.96. The summed E-state index contributed by atoms with van der Waals surface area (Å²) in [6.45, 7) is 7.27. The van der Waals surface area contributed by atoms with Crippen LogP contribution in [-0.2, 0) is 9.53 Å². The van der Waals surface area contributed by atoms with Gasteiger partial charge in [0.1, 0.15) is 5.67 Å². The molecular formula is C22H27FN4O4. The molecule has 0 aliphatic carbocycles. The topological polar surface area (TPSA) is 87.9 Å². The summed E-state index contributed by atoms with van der Waals surface area (Å²) in [7, 11) is 0. The third-order valence-electron chi connectivity index (χ3n) is 5.96. The first-order chi connectivity index (χ1) is 14.6. The minimum absolute atomic E-state index is 0.0342. The number of alkyl halides is 1. The highest BCUT2D eigenvalue weighted by molar-refractivity contribution is 6.03. The lowest BCUT2D eigenvalue weighted by atomic mass is 9.90. The molecule has 2 atom stereocenters. The average molecular weight is 430 g/mol. The number of rotatable bonds is 4. The number of fused-ring (bicyclic) bond motifs is 1. The first-order valence-electron chi connectivity index (χ1n) is 10.3. The van der Waals surface area contributed by atoms with Crippen molar-refractivity contribution in [2.24, 2.45) is 0 Å². The standard InChI is InChI=1S/C22H27FN4O4/c1-13-20(8-22(3,4)23)27(21(29)30)19-7-15(5-6-18(19)26(13)14(2)28)16-9-24-25(10-16)17-11-31-12-17/h5-7,9-10,13,17,20H,8,11-12H2,1-4H3,(H,29,30)/t13-,20?/m0/s1. The monoisotopic (exact) mass is 430 g/mol. The van der Waals surface area contributed by atoms with E-state index < -0.39 is 23.8 Å². The fourth-order valence-corrected chi connectivity index (χ4v) is 4.41. The maximum absolute atomic E-state index is 14.6. The second-order valence-corrected chi connectivity index (χ2v) is 8.88. The molecule has 0 spiro atoms. The van der Waals surface area contributed by atoms with E-state index in [4.69, 9.17) is 4.74 Å². The van der Waals surface area contributed by atoms with Gasteiger partial charge in [0.25, 0.3) is 0 Å². The summed E-state index contributed by atoms with van der Waals surface area (Å²) >= 11 is 0. The normalized spacial score (nSPS) is 21.6. The van der Waals surface area contributed by atoms with Gasteiger partial charge >= 0.3 is 6.09 Å². The Balaban J connectivity index is 1.80. The summed E-state index contributed by atoms with van der Waals surface area (Å²) in [4.78, 5) is 27.5. The van der Waals surface area contributed by atoms with Crippen molar-refractivity contribution < 1.29 is 23.8 Å². The maximum atomic E-state index is 14.6. The summed E-state index contributed by atoms with van der Waals surface area (Å²) < 4.78 is 21.7. The lowest BCUT2D eigenvalue weighted by Crippen LogP contribution is -2.59. The van der Waals surface area contributed by atoms with E-state index in [1.807, 2.05) is 16.9 Å². The molecule has 2 aliphatic rings. The number of ether oxygens (including phenoxy) is 1. The first kappa shape index (κ1) is 21.3. The van der Waals surface area contributed by atoms with Crippen LogP contribution in [0.5, 0.6) is 0 Å². The second-order valence-electron chi connectivity index (χ2n) is 8.88. The Bertz CT molecular complexity index is 1010. The zero-order valence-electron chi connectivity index (χ0n) is 18.1. The van der Waals surface area contributed by atoms with Crippen molar-refractivity contribution in [2.45, 2.75) is 57.9 Å². The number of carbonyl (C=O) groups is 2. The largest absolute Gasteiger partial charge is 0.465 e. The highest BCUT2D eigenvalue weighted by Gasteiger charge is 2.44. The van der Waals surface area contributed by atoms with E-state index in [1.165, 1.54) is 25.7 Å². The summed E-state index contributed by atoms with van der Waals surface area (Å²) in [5, 5.41) is 14.4. The fourth-order valence-electron chi connectivity index (χ4n) is 4.41. The molecule has 2 aromatic rings. The van der Waals surface area contributed by atoms with Crippen LogP contribution in [0.15, 0.2) is 30.6 Å². The van der Waals surface area contributed by atoms with Crippen LogP contribution in [-0.4, -0.2) is 57.9 Å². The van der Waals surface area contributed by atoms with E-state index >= 15 is 0 Å². The minimum atomic E-state index is -1.60. The smallest absolute Gasteiger partial charge is 0.412 e. The molecule has 1 aromatic carbocycles. The molecule has 1 N–H and O–H groups in total. The highest BCUT2D eigenvalue weighted by atomic mass is 19.1. The van der Waals surface area contributed by atoms with Crippen LogP contribution in [0.25, 0.3) is 11.1 Å². The molecule has 2 amide bonds. The van der Waals surface area contributed by atoms with E-state index in [1.54, 1.807) is 30.2 Å². The molecular weight excluding hydrogens is 403 g/mol. The number of aromatic nitrogens is 2. The van der Waals surface area contributed by atoms with Crippen LogP contribution in [0.1, 0.15) is 40.2 Å². The van der Waals surface area contributed by atoms with Crippen molar-refractivity contribution in [1.29, 1.82) is 0 Å². The fraction of sp³-hybridized carbons (Fsp3) is 0.500. The maximum Gasteiger partial charge on any atom is 0.412 e. The Kier molecular flexibility index (Phi) is 5.25. The van der Waals surface area contributed by atoms with Crippen molar-refractivity contribution in [1.82, 2.24) is 9.78 Å². The van der Waals surface area contributed by atoms with Gasteiger partial charge in [0.15, 0.2) is 0 Å². The first-order valence-corrected chi connectivity index (χ1v) is 10.3. The van der Waals surface area contributed by atoms with Gasteiger partial charge in [0.05, 0.1) is 48.9 Å². The van der Waals surface area contributed by atoms with Crippen LogP contribution in [0.2, 0.25) is 0 Å². The van der Waals surface area contributed by atoms with Gasteiger partial charge in [0, 0.05) is 25.1 Å². The van der Waals surface area contributed by atoms with Gasteiger partial charge < -0.3 is 14.7 Å². The number of nitrogens with zero attached hydrogens (tertiary/aromatic N) is 4. The van der Waals surface area contributed by atoms with Crippen molar-refractivity contribution in [3.63, 3.8) is 0 Å². The number of hydrogen-bond acceptors (Lipinski definition) is 4. The number of amides is 2. The lowest BCUT2D eigenvalue weighted by molar-refractivity contribution is -0.117. The molecule has 166 valence electrons. The van der Waals surface area contributed by atoms with E-state index in [2.05, 4.69) is 5.10 Å². The number of benzene rings is 1. The van der Waals surface area contributed by atoms with Gasteiger partial charge in [-0.1, -0.05) is 6.07 Å². The molecule has 0 radical (unpaired) electrons. The van der Waals surface area contributed by atoms with Crippen LogP contribution in [0.4, 0.5) is 20.6 Å². The quantitative estimate of drug-likeness (QED) is 0.796. The van der Waals surface area contributed by atoms with Crippen molar-refractivity contribution >= 4 is 23.4 Å². The Hall–Kier alpha value is -2.94. The minimum Gasteiger partial charge on any atom is -0.465 e. The van der Waals surface area contributed by atoms with Gasteiger partial charge in [-0.3, -0.25) is 14.4 Å². The van der Waals surface area contributed by atoms with E-state index in [9.17, 15) is 19.1 Å². The number of carboxylic acid groups (broad SMARTS) is 1. The molecule has 1 aromatic heterocycles. The van der Waals surface area contributed by atoms with E-state index in [0.717, 1.165) is 11.1 Å². The van der Waals surface area contributed by atoms with Gasteiger partial charge in [-0.15, -0.1) is 0 Å². The van der Waals surface area contributed by atoms with Crippen LogP contribution in [0.3, 0.4) is 0 Å². The zero-order chi connectivity index (χ0) is 22.5. The van der Waals surface area contributed by atoms with Gasteiger partial charge in [-0.05, 0) is 38.5 Å². The summed E-state index contributed by atoms with van der Waals surface area (Å²) in [6.07, 6.45) is 2.41. The van der Waals surface area contributed by atoms with Gasteiger partial charge in [-0.2, -0.15) is 5.10 Å². The molecule has 0 saturated carbocycles. The summed E-state index contributed by atoms with van der Waals surface area (Å²) in [5.74, 6) is -0.217. The Morgan fingerprint density at radius 1 is 1.23 bits per heavy atom. The molecule has 1 unspecified atom stereocenters. The molecule has 9 heteroatoms. The molecule has 4 rings (SSSR count). The van der Waals surface area contributed by atoms with Crippen molar-refractivity contribution in [3.05, 3.63) is 30.6 Å². The Morgan fingerprint density at radius 2 is 1.94 bits per heavy atom. The number of anilines is 2. The van der Waals surface area contributed by atoms with Crippen molar-refractivity contribution in [2.75, 3.05) is 23.0 Å². The molecule has 1 saturated heterocycles. The van der Waals surface area contributed by atoms with Crippen molar-refractivity contribution in [3.8, 4) is 11.1 Å². The van der Waals surface area contributed by atoms with Gasteiger partial charge in [0.2, 0.25) is 5.91 Å². The molecule has 0 bridgehead atoms. The Morgan fingerprint density at radius 3 is 2.48 bits per heavy atom. The summed E-state index contributed by atoms with van der Waals surface area (Å²) in [6, 6.07) is 4.30. The number of hydrogen-bond donors (Lipinski definition) is 1. The number of halogens is 1. The molecule has 2 aliphatic heterocycles. The highest BCUT2D eigenvalue weighted by Crippen LogP contribution is 2.43. The van der Waals surface area contributed by atoms with Gasteiger partial charge in [-0.25, -0.2) is 9.18 Å². The third kappa shape index (κ3) is 3.89. The molecule has 3 heterocycles. The predicted molar refractivity (Wildman–Crippen MR) is 114 cm³/mol. The number of carbonyl (C=O) groups excluding carboxylic acids is 1. The molecule has 8 nitrogen and oxygen atoms in total.